The molecular formula is C11H17BN2O2. The van der Waals surface area contributed by atoms with Crippen LogP contribution in [0.25, 0.3) is 0 Å². The van der Waals surface area contributed by atoms with E-state index in [-0.39, 0.29) is 7.05 Å². The summed E-state index contributed by atoms with van der Waals surface area (Å²) < 4.78 is 0.961. The van der Waals surface area contributed by atoms with Gasteiger partial charge in [0, 0.05) is 18.1 Å². The molecule has 2 rings (SSSR count). The fraction of sp³-hybridized carbons (Fsp3) is 0.545. The van der Waals surface area contributed by atoms with Gasteiger partial charge in [-0.15, -0.1) is 0 Å². The van der Waals surface area contributed by atoms with Crippen LogP contribution in [0.15, 0.2) is 24.4 Å². The van der Waals surface area contributed by atoms with Gasteiger partial charge >= 0.3 is 7.05 Å². The Labute approximate surface area is 96.2 Å². The molecule has 16 heavy (non-hydrogen) atoms. The fourth-order valence-corrected chi connectivity index (χ4v) is 2.33. The summed E-state index contributed by atoms with van der Waals surface area (Å²) in [5.74, 6) is 0.327. The van der Waals surface area contributed by atoms with Gasteiger partial charge in [-0.25, -0.2) is 0 Å². The zero-order valence-electron chi connectivity index (χ0n) is 9.54. The molecular weight excluding hydrogens is 203 g/mol. The van der Waals surface area contributed by atoms with Crippen LogP contribution in [-0.2, 0) is 0 Å². The Balaban J connectivity index is 2.02. The molecule has 86 valence electrons. The van der Waals surface area contributed by atoms with E-state index < -0.39 is 0 Å². The molecule has 0 aromatic carbocycles. The average molecular weight is 220 g/mol. The third-order valence-electron chi connectivity index (χ3n) is 3.33. The quantitative estimate of drug-likeness (QED) is 0.451. The summed E-state index contributed by atoms with van der Waals surface area (Å²) in [5.41, 5.74) is 0.854. The third-order valence-corrected chi connectivity index (χ3v) is 3.33. The summed E-state index contributed by atoms with van der Waals surface area (Å²) in [7, 11) is -0.379. The zero-order chi connectivity index (χ0) is 11.5. The van der Waals surface area contributed by atoms with E-state index in [9.17, 15) is 10.2 Å². The highest BCUT2D eigenvalue weighted by atomic mass is 16.5. The lowest BCUT2D eigenvalue weighted by molar-refractivity contribution is -0.615. The highest BCUT2D eigenvalue weighted by Gasteiger charge is 2.28. The lowest BCUT2D eigenvalue weighted by Gasteiger charge is -2.31. The van der Waals surface area contributed by atoms with Crippen molar-refractivity contribution in [2.75, 3.05) is 13.1 Å². The maximum atomic E-state index is 11.6. The largest absolute Gasteiger partial charge is 0.618 e. The van der Waals surface area contributed by atoms with Crippen molar-refractivity contribution in [3.8, 4) is 0 Å². The van der Waals surface area contributed by atoms with Gasteiger partial charge in [-0.3, -0.25) is 0 Å². The van der Waals surface area contributed by atoms with Gasteiger partial charge in [-0.05, 0) is 32.8 Å². The summed E-state index contributed by atoms with van der Waals surface area (Å²) in [5, 5.41) is 21.0. The molecule has 5 heteroatoms. The van der Waals surface area contributed by atoms with Crippen molar-refractivity contribution in [1.29, 1.82) is 0 Å². The Morgan fingerprint density at radius 1 is 1.44 bits per heavy atom. The van der Waals surface area contributed by atoms with Crippen molar-refractivity contribution in [3.05, 3.63) is 35.3 Å². The Morgan fingerprint density at radius 2 is 2.12 bits per heavy atom. The minimum Gasteiger partial charge on any atom is -0.618 e. The molecule has 0 radical (unpaired) electrons. The summed E-state index contributed by atoms with van der Waals surface area (Å²) >= 11 is 0. The molecule has 0 bridgehead atoms. The first-order chi connectivity index (χ1) is 7.68. The number of hydrogen-bond acceptors (Lipinski definition) is 3. The molecule has 0 amide bonds. The molecule has 2 heterocycles. The number of piperidine rings is 1. The number of hydrogen-bond donors (Lipinski definition) is 1. The Bertz CT molecular complexity index is 352. The highest BCUT2D eigenvalue weighted by Crippen LogP contribution is 2.25. The lowest BCUT2D eigenvalue weighted by Crippen LogP contribution is -2.44. The van der Waals surface area contributed by atoms with Gasteiger partial charge in [-0.2, -0.15) is 4.73 Å². The number of pyridine rings is 1. The number of nitrogens with zero attached hydrogens (tertiary/aromatic N) is 2. The minimum absolute atomic E-state index is 0.327. The molecule has 1 aromatic rings. The van der Waals surface area contributed by atoms with Crippen molar-refractivity contribution < 1.29 is 9.75 Å². The van der Waals surface area contributed by atoms with E-state index in [1.807, 2.05) is 16.9 Å². The van der Waals surface area contributed by atoms with Crippen LogP contribution < -0.4 is 4.73 Å². The van der Waals surface area contributed by atoms with Gasteiger partial charge < -0.3 is 15.0 Å². The lowest BCUT2D eigenvalue weighted by atomic mass is 9.80. The van der Waals surface area contributed by atoms with Crippen LogP contribution in [0.2, 0.25) is 6.82 Å². The summed E-state index contributed by atoms with van der Waals surface area (Å²) in [6.45, 7) is 3.51. The second kappa shape index (κ2) is 4.85. The zero-order valence-corrected chi connectivity index (χ0v) is 9.54. The van der Waals surface area contributed by atoms with Gasteiger partial charge in [0.15, 0.2) is 11.9 Å². The van der Waals surface area contributed by atoms with E-state index in [1.165, 1.54) is 0 Å². The maximum Gasteiger partial charge on any atom is 0.376 e. The normalized spacial score (nSPS) is 18.6. The number of rotatable bonds is 2. The van der Waals surface area contributed by atoms with Crippen LogP contribution in [0, 0.1) is 5.21 Å². The smallest absolute Gasteiger partial charge is 0.376 e. The molecule has 0 spiro atoms. The monoisotopic (exact) mass is 220 g/mol. The van der Waals surface area contributed by atoms with Gasteiger partial charge in [0.25, 0.3) is 0 Å². The molecule has 4 nitrogen and oxygen atoms in total. The molecule has 1 aromatic heterocycles. The molecule has 1 aliphatic heterocycles. The second-order valence-corrected chi connectivity index (χ2v) is 4.39. The maximum absolute atomic E-state index is 11.6. The standard InChI is InChI=1S/C11H17BN2O2/c1-12(15)13-8-5-10(6-9-13)11-4-2-3-7-14(11)16/h2-4,7,10,15H,5-6,8-9H2,1H3. The van der Waals surface area contributed by atoms with Gasteiger partial charge in [0.1, 0.15) is 0 Å². The van der Waals surface area contributed by atoms with E-state index in [0.29, 0.717) is 5.92 Å². The van der Waals surface area contributed by atoms with Crippen molar-refractivity contribution in [3.63, 3.8) is 0 Å². The van der Waals surface area contributed by atoms with Crippen LogP contribution in [-0.4, -0.2) is 30.0 Å². The third kappa shape index (κ3) is 2.36. The van der Waals surface area contributed by atoms with Crippen molar-refractivity contribution in [2.45, 2.75) is 25.6 Å². The topological polar surface area (TPSA) is 50.4 Å². The summed E-state index contributed by atoms with van der Waals surface area (Å²) in [6, 6.07) is 5.56. The Morgan fingerprint density at radius 3 is 2.69 bits per heavy atom. The molecule has 1 fully saturated rings. The van der Waals surface area contributed by atoms with E-state index in [0.717, 1.165) is 36.4 Å². The predicted molar refractivity (Wildman–Crippen MR) is 62.8 cm³/mol. The van der Waals surface area contributed by atoms with E-state index in [2.05, 4.69) is 0 Å². The average Bonchev–Trinajstić information content (AvgIpc) is 2.30. The molecule has 1 aliphatic rings. The SMILES string of the molecule is CB(O)N1CCC(c2cccc[n+]2[O-])CC1. The molecule has 0 saturated carbocycles. The predicted octanol–water partition coefficient (Wildman–Crippen LogP) is 0.610. The minimum atomic E-state index is -0.379. The van der Waals surface area contributed by atoms with Gasteiger partial charge in [0.05, 0.1) is 0 Å². The van der Waals surface area contributed by atoms with Crippen molar-refractivity contribution >= 4 is 7.05 Å². The Hall–Kier alpha value is -1.07. The molecule has 1 saturated heterocycles. The summed E-state index contributed by atoms with van der Waals surface area (Å²) in [4.78, 5) is 2.04. The summed E-state index contributed by atoms with van der Waals surface area (Å²) in [6.07, 6.45) is 3.44. The highest BCUT2D eigenvalue weighted by molar-refractivity contribution is 6.45. The van der Waals surface area contributed by atoms with Crippen LogP contribution in [0.4, 0.5) is 0 Å². The van der Waals surface area contributed by atoms with Crippen LogP contribution in [0.5, 0.6) is 0 Å². The van der Waals surface area contributed by atoms with Crippen LogP contribution in [0.3, 0.4) is 0 Å². The van der Waals surface area contributed by atoms with E-state index in [1.54, 1.807) is 19.1 Å². The van der Waals surface area contributed by atoms with Crippen molar-refractivity contribution in [1.82, 2.24) is 4.81 Å². The van der Waals surface area contributed by atoms with E-state index in [4.69, 9.17) is 0 Å². The molecule has 1 N–H and O–H groups in total. The molecule has 0 aliphatic carbocycles. The molecule has 0 atom stereocenters. The second-order valence-electron chi connectivity index (χ2n) is 4.39. The first-order valence-electron chi connectivity index (χ1n) is 5.78. The van der Waals surface area contributed by atoms with Crippen LogP contribution >= 0.6 is 0 Å². The van der Waals surface area contributed by atoms with Gasteiger partial charge in [0.2, 0.25) is 0 Å². The van der Waals surface area contributed by atoms with Crippen molar-refractivity contribution in [2.24, 2.45) is 0 Å². The first-order valence-corrected chi connectivity index (χ1v) is 5.78. The first kappa shape index (κ1) is 11.4. The Kier molecular flexibility index (Phi) is 3.46. The molecule has 0 unspecified atom stereocenters. The fourth-order valence-electron chi connectivity index (χ4n) is 2.33. The number of aromatic nitrogens is 1. The van der Waals surface area contributed by atoms with Crippen LogP contribution in [0.1, 0.15) is 24.5 Å². The van der Waals surface area contributed by atoms with E-state index >= 15 is 0 Å². The van der Waals surface area contributed by atoms with Gasteiger partial charge in [-0.1, -0.05) is 6.07 Å².